The van der Waals surface area contributed by atoms with Crippen LogP contribution in [0, 0.1) is 19.7 Å². The highest BCUT2D eigenvalue weighted by Gasteiger charge is 2.20. The lowest BCUT2D eigenvalue weighted by Gasteiger charge is -2.06. The van der Waals surface area contributed by atoms with Crippen molar-refractivity contribution in [2.24, 2.45) is 0 Å². The maximum absolute atomic E-state index is 13.1. The number of aryl methyl sites for hydroxylation is 1. The van der Waals surface area contributed by atoms with Gasteiger partial charge in [0.1, 0.15) is 12.4 Å². The van der Waals surface area contributed by atoms with Gasteiger partial charge in [0.15, 0.2) is 12.4 Å². The summed E-state index contributed by atoms with van der Waals surface area (Å²) in [4.78, 5) is 50.2. The molecule has 142 valence electrons. The number of esters is 1. The zero-order chi connectivity index (χ0) is 20.1. The Labute approximate surface area is 154 Å². The summed E-state index contributed by atoms with van der Waals surface area (Å²) in [6.45, 7) is 3.71. The van der Waals surface area contributed by atoms with Crippen molar-refractivity contribution in [3.63, 3.8) is 0 Å². The molecule has 0 spiro atoms. The highest BCUT2D eigenvalue weighted by Crippen LogP contribution is 2.19. The van der Waals surface area contributed by atoms with Crippen LogP contribution in [-0.4, -0.2) is 41.6 Å². The van der Waals surface area contributed by atoms with Crippen molar-refractivity contribution >= 4 is 23.4 Å². The van der Waals surface area contributed by atoms with Gasteiger partial charge in [-0.2, -0.15) is 0 Å². The van der Waals surface area contributed by atoms with Gasteiger partial charge in [-0.1, -0.05) is 6.07 Å². The van der Waals surface area contributed by atoms with Gasteiger partial charge >= 0.3 is 5.97 Å². The molecule has 0 bridgehead atoms. The molecule has 27 heavy (non-hydrogen) atoms. The molecule has 0 aliphatic heterocycles. The largest absolute Gasteiger partial charge is 0.456 e. The summed E-state index contributed by atoms with van der Waals surface area (Å²) < 4.78 is 17.9. The van der Waals surface area contributed by atoms with Gasteiger partial charge in [0.2, 0.25) is 5.78 Å². The quantitative estimate of drug-likeness (QED) is 0.571. The Bertz CT molecular complexity index is 917. The number of halogens is 1. The summed E-state index contributed by atoms with van der Waals surface area (Å²) in [5, 5.41) is 2.29. The predicted molar refractivity (Wildman–Crippen MR) is 94.3 cm³/mol. The molecule has 0 unspecified atom stereocenters. The number of ether oxygens (including phenoxy) is 1. The first-order valence-corrected chi connectivity index (χ1v) is 8.13. The van der Waals surface area contributed by atoms with Crippen LogP contribution in [0.5, 0.6) is 0 Å². The van der Waals surface area contributed by atoms with E-state index < -0.39 is 36.6 Å². The molecule has 2 rings (SSSR count). The molecule has 0 fully saturated rings. The molecule has 1 heterocycles. The molecule has 7 nitrogen and oxygen atoms in total. The van der Waals surface area contributed by atoms with Crippen LogP contribution in [-0.2, 0) is 9.53 Å². The average Bonchev–Trinajstić information content (AvgIpc) is 2.92. The number of rotatable bonds is 7. The van der Waals surface area contributed by atoms with E-state index in [-0.39, 0.29) is 17.0 Å². The normalized spacial score (nSPS) is 10.4. The van der Waals surface area contributed by atoms with Crippen molar-refractivity contribution in [2.45, 2.75) is 20.8 Å². The summed E-state index contributed by atoms with van der Waals surface area (Å²) in [6, 6.07) is 5.00. The van der Waals surface area contributed by atoms with Crippen molar-refractivity contribution in [2.75, 3.05) is 13.2 Å². The van der Waals surface area contributed by atoms with E-state index in [0.717, 1.165) is 6.07 Å². The fourth-order valence-corrected chi connectivity index (χ4v) is 2.71. The molecule has 2 N–H and O–H groups in total. The van der Waals surface area contributed by atoms with Crippen LogP contribution in [0.15, 0.2) is 24.3 Å². The monoisotopic (exact) mass is 374 g/mol. The number of carbonyl (C=O) groups is 4. The number of aromatic amines is 1. The van der Waals surface area contributed by atoms with Gasteiger partial charge in [0.25, 0.3) is 5.91 Å². The van der Waals surface area contributed by atoms with Crippen LogP contribution >= 0.6 is 0 Å². The topological polar surface area (TPSA) is 105 Å². The minimum absolute atomic E-state index is 0.0631. The molecular weight excluding hydrogens is 355 g/mol. The van der Waals surface area contributed by atoms with E-state index in [1.165, 1.54) is 25.1 Å². The summed E-state index contributed by atoms with van der Waals surface area (Å²) in [5.41, 5.74) is 1.77. The third kappa shape index (κ3) is 4.87. The number of aromatic nitrogens is 1. The number of H-pyrrole nitrogens is 1. The number of hydrogen-bond acceptors (Lipinski definition) is 5. The van der Waals surface area contributed by atoms with Crippen molar-refractivity contribution in [3.05, 3.63) is 58.2 Å². The number of Topliss-reactive ketones (excluding diaryl/α,β-unsaturated/α-hetero) is 2. The Kier molecular flexibility index (Phi) is 6.23. The summed E-state index contributed by atoms with van der Waals surface area (Å²) in [5.74, 6) is -2.69. The third-order valence-corrected chi connectivity index (χ3v) is 3.91. The molecule has 2 aromatic rings. The van der Waals surface area contributed by atoms with Crippen molar-refractivity contribution in [3.8, 4) is 0 Å². The molecule has 1 aromatic heterocycles. The van der Waals surface area contributed by atoms with Gasteiger partial charge < -0.3 is 15.0 Å². The summed E-state index contributed by atoms with van der Waals surface area (Å²) in [7, 11) is 0. The predicted octanol–water partition coefficient (Wildman–Crippen LogP) is 2.13. The second-order valence-electron chi connectivity index (χ2n) is 5.96. The van der Waals surface area contributed by atoms with Crippen LogP contribution in [0.4, 0.5) is 4.39 Å². The fourth-order valence-electron chi connectivity index (χ4n) is 2.71. The van der Waals surface area contributed by atoms with Crippen LogP contribution in [0.25, 0.3) is 0 Å². The van der Waals surface area contributed by atoms with Gasteiger partial charge in [-0.15, -0.1) is 0 Å². The van der Waals surface area contributed by atoms with Gasteiger partial charge in [-0.3, -0.25) is 19.2 Å². The van der Waals surface area contributed by atoms with E-state index in [9.17, 15) is 23.6 Å². The molecule has 0 aliphatic rings. The first-order valence-electron chi connectivity index (χ1n) is 8.13. The van der Waals surface area contributed by atoms with Gasteiger partial charge in [-0.25, -0.2) is 4.39 Å². The Morgan fingerprint density at radius 1 is 1.19 bits per heavy atom. The molecule has 0 saturated carbocycles. The smallest absolute Gasteiger partial charge is 0.325 e. The SMILES string of the molecule is CC(=O)c1c(C)[nH]c(C(=O)COC(=O)CNC(=O)c2cccc(F)c2)c1C. The van der Waals surface area contributed by atoms with E-state index >= 15 is 0 Å². The Hall–Kier alpha value is -3.29. The van der Waals surface area contributed by atoms with Crippen LogP contribution in [0.1, 0.15) is 49.4 Å². The lowest BCUT2D eigenvalue weighted by Crippen LogP contribution is -2.31. The number of ketones is 2. The van der Waals surface area contributed by atoms with E-state index in [1.54, 1.807) is 13.8 Å². The van der Waals surface area contributed by atoms with E-state index in [2.05, 4.69) is 10.3 Å². The average molecular weight is 374 g/mol. The molecule has 1 aromatic carbocycles. The number of hydrogen-bond donors (Lipinski definition) is 2. The van der Waals surface area contributed by atoms with Crippen molar-refractivity contribution in [1.29, 1.82) is 0 Å². The zero-order valence-corrected chi connectivity index (χ0v) is 15.1. The fraction of sp³-hybridized carbons (Fsp3) is 0.263. The minimum atomic E-state index is -0.819. The number of nitrogens with one attached hydrogen (secondary N) is 2. The standard InChI is InChI=1S/C19H19FN2O5/c1-10-17(12(3)23)11(2)22-18(10)15(24)9-27-16(25)8-21-19(26)13-5-4-6-14(20)7-13/h4-7,22H,8-9H2,1-3H3,(H,21,26). The van der Waals surface area contributed by atoms with E-state index in [4.69, 9.17) is 4.74 Å². The first-order chi connectivity index (χ1) is 12.7. The lowest BCUT2D eigenvalue weighted by molar-refractivity contribution is -0.141. The highest BCUT2D eigenvalue weighted by atomic mass is 19.1. The Morgan fingerprint density at radius 3 is 2.48 bits per heavy atom. The minimum Gasteiger partial charge on any atom is -0.456 e. The van der Waals surface area contributed by atoms with Gasteiger partial charge in [-0.05, 0) is 44.5 Å². The number of benzene rings is 1. The van der Waals surface area contributed by atoms with Crippen LogP contribution in [0.3, 0.4) is 0 Å². The second-order valence-corrected chi connectivity index (χ2v) is 5.96. The first kappa shape index (κ1) is 20.0. The Morgan fingerprint density at radius 2 is 1.89 bits per heavy atom. The molecule has 0 radical (unpaired) electrons. The van der Waals surface area contributed by atoms with E-state index in [0.29, 0.717) is 16.8 Å². The number of carbonyl (C=O) groups excluding carboxylic acids is 4. The third-order valence-electron chi connectivity index (χ3n) is 3.91. The van der Waals surface area contributed by atoms with E-state index in [1.807, 2.05) is 0 Å². The number of amides is 1. The van der Waals surface area contributed by atoms with Crippen molar-refractivity contribution in [1.82, 2.24) is 10.3 Å². The molecule has 8 heteroatoms. The molecule has 0 atom stereocenters. The summed E-state index contributed by atoms with van der Waals surface area (Å²) >= 11 is 0. The second kappa shape index (κ2) is 8.39. The maximum atomic E-state index is 13.1. The van der Waals surface area contributed by atoms with Crippen LogP contribution < -0.4 is 5.32 Å². The molecule has 1 amide bonds. The highest BCUT2D eigenvalue weighted by molar-refractivity contribution is 6.04. The van der Waals surface area contributed by atoms with Crippen LogP contribution in [0.2, 0.25) is 0 Å². The van der Waals surface area contributed by atoms with Gasteiger partial charge in [0.05, 0.1) is 5.69 Å². The molecule has 0 aliphatic carbocycles. The summed E-state index contributed by atoms with van der Waals surface area (Å²) in [6.07, 6.45) is 0. The van der Waals surface area contributed by atoms with Gasteiger partial charge in [0, 0.05) is 16.8 Å². The maximum Gasteiger partial charge on any atom is 0.325 e. The lowest BCUT2D eigenvalue weighted by atomic mass is 10.1. The molecular formula is C19H19FN2O5. The van der Waals surface area contributed by atoms with Crippen molar-refractivity contribution < 1.29 is 28.3 Å². The molecule has 0 saturated heterocycles. The zero-order valence-electron chi connectivity index (χ0n) is 15.1. The Balaban J connectivity index is 1.88.